The lowest BCUT2D eigenvalue weighted by Gasteiger charge is -2.33. The zero-order valence-corrected chi connectivity index (χ0v) is 17.1. The monoisotopic (exact) mass is 414 g/mol. The maximum absolute atomic E-state index is 15.6. The molecule has 2 bridgehead atoms. The van der Waals surface area contributed by atoms with Gasteiger partial charge < -0.3 is 4.90 Å². The van der Waals surface area contributed by atoms with E-state index in [1.54, 1.807) is 12.1 Å². The summed E-state index contributed by atoms with van der Waals surface area (Å²) in [6.07, 6.45) is 2.65. The first-order valence-corrected chi connectivity index (χ1v) is 10.3. The fourth-order valence-corrected chi connectivity index (χ4v) is 5.27. The first-order chi connectivity index (χ1) is 13.9. The SMILES string of the molecule is Cc1cc(C)nc(-c2c(Cl)cc3c(N4CC5CCC(C5)C4)nc(F)nc3c2F)c1. The van der Waals surface area contributed by atoms with Crippen molar-refractivity contribution in [2.24, 2.45) is 11.8 Å². The quantitative estimate of drug-likeness (QED) is 0.521. The van der Waals surface area contributed by atoms with Crippen LogP contribution in [-0.4, -0.2) is 28.0 Å². The maximum Gasteiger partial charge on any atom is 0.311 e. The topological polar surface area (TPSA) is 41.9 Å². The first kappa shape index (κ1) is 18.7. The maximum atomic E-state index is 15.6. The van der Waals surface area contributed by atoms with Crippen molar-refractivity contribution >= 4 is 28.3 Å². The smallest absolute Gasteiger partial charge is 0.311 e. The molecule has 0 N–H and O–H groups in total. The van der Waals surface area contributed by atoms with Crippen molar-refractivity contribution in [3.8, 4) is 11.3 Å². The van der Waals surface area contributed by atoms with E-state index in [-0.39, 0.29) is 16.1 Å². The Balaban J connectivity index is 1.70. The molecule has 1 aliphatic heterocycles. The molecule has 29 heavy (non-hydrogen) atoms. The van der Waals surface area contributed by atoms with Crippen molar-refractivity contribution in [3.05, 3.63) is 46.4 Å². The highest BCUT2D eigenvalue weighted by atomic mass is 35.5. The molecule has 0 radical (unpaired) electrons. The van der Waals surface area contributed by atoms with E-state index in [0.717, 1.165) is 24.3 Å². The summed E-state index contributed by atoms with van der Waals surface area (Å²) in [5.41, 5.74) is 2.22. The fraction of sp³-hybridized carbons (Fsp3) is 0.409. The van der Waals surface area contributed by atoms with E-state index in [1.165, 1.54) is 19.3 Å². The molecule has 1 saturated heterocycles. The third-order valence-electron chi connectivity index (χ3n) is 6.10. The molecule has 2 aliphatic rings. The number of nitrogens with zero attached hydrogens (tertiary/aromatic N) is 4. The van der Waals surface area contributed by atoms with Crippen molar-refractivity contribution < 1.29 is 8.78 Å². The number of benzene rings is 1. The molecule has 7 heteroatoms. The van der Waals surface area contributed by atoms with Crippen molar-refractivity contribution in [3.63, 3.8) is 0 Å². The van der Waals surface area contributed by atoms with Crippen molar-refractivity contribution in [2.75, 3.05) is 18.0 Å². The van der Waals surface area contributed by atoms with E-state index in [0.29, 0.717) is 28.7 Å². The highest BCUT2D eigenvalue weighted by molar-refractivity contribution is 6.34. The van der Waals surface area contributed by atoms with Crippen LogP contribution in [0.2, 0.25) is 5.02 Å². The van der Waals surface area contributed by atoms with Crippen LogP contribution in [-0.2, 0) is 0 Å². The Labute approximate surface area is 172 Å². The second-order valence-electron chi connectivity index (χ2n) is 8.38. The molecule has 150 valence electrons. The van der Waals surface area contributed by atoms with E-state index in [1.807, 2.05) is 19.9 Å². The molecule has 0 spiro atoms. The van der Waals surface area contributed by atoms with Gasteiger partial charge in [-0.15, -0.1) is 0 Å². The van der Waals surface area contributed by atoms with Gasteiger partial charge in [-0.05, 0) is 68.7 Å². The third kappa shape index (κ3) is 3.23. The van der Waals surface area contributed by atoms with E-state index in [2.05, 4.69) is 19.9 Å². The Kier molecular flexibility index (Phi) is 4.42. The van der Waals surface area contributed by atoms with Crippen LogP contribution in [0, 0.1) is 37.6 Å². The second-order valence-corrected chi connectivity index (χ2v) is 8.79. The van der Waals surface area contributed by atoms with Crippen LogP contribution in [0.15, 0.2) is 18.2 Å². The van der Waals surface area contributed by atoms with Crippen LogP contribution in [0.1, 0.15) is 30.5 Å². The van der Waals surface area contributed by atoms with Gasteiger partial charge in [0.05, 0.1) is 16.3 Å². The molecule has 2 atom stereocenters. The zero-order valence-electron chi connectivity index (χ0n) is 16.3. The Morgan fingerprint density at radius 3 is 2.41 bits per heavy atom. The van der Waals surface area contributed by atoms with E-state index < -0.39 is 11.9 Å². The van der Waals surface area contributed by atoms with Gasteiger partial charge in [0.2, 0.25) is 0 Å². The Morgan fingerprint density at radius 1 is 1.00 bits per heavy atom. The van der Waals surface area contributed by atoms with E-state index in [9.17, 15) is 4.39 Å². The molecule has 1 aliphatic carbocycles. The number of halogens is 3. The molecule has 4 nitrogen and oxygen atoms in total. The molecule has 2 aromatic heterocycles. The van der Waals surface area contributed by atoms with E-state index in [4.69, 9.17) is 11.6 Å². The second kappa shape index (κ2) is 6.87. The number of anilines is 1. The predicted octanol–water partition coefficient (Wildman–Crippen LogP) is 5.48. The van der Waals surface area contributed by atoms with Crippen LogP contribution in [0.3, 0.4) is 0 Å². The molecule has 3 heterocycles. The summed E-state index contributed by atoms with van der Waals surface area (Å²) in [5, 5.41) is 0.673. The number of pyridine rings is 1. The number of aromatic nitrogens is 3. The van der Waals surface area contributed by atoms with Gasteiger partial charge in [0.15, 0.2) is 5.82 Å². The molecule has 5 rings (SSSR count). The van der Waals surface area contributed by atoms with Gasteiger partial charge in [0.1, 0.15) is 11.3 Å². The predicted molar refractivity (Wildman–Crippen MR) is 110 cm³/mol. The average Bonchev–Trinajstić information content (AvgIpc) is 2.99. The first-order valence-electron chi connectivity index (χ1n) is 9.95. The minimum atomic E-state index is -0.925. The number of fused-ring (bicyclic) bond motifs is 3. The molecule has 0 amide bonds. The van der Waals surface area contributed by atoms with Crippen molar-refractivity contribution in [2.45, 2.75) is 33.1 Å². The fourth-order valence-electron chi connectivity index (χ4n) is 4.98. The number of rotatable bonds is 2. The summed E-state index contributed by atoms with van der Waals surface area (Å²) in [5.74, 6) is 0.944. The lowest BCUT2D eigenvalue weighted by Crippen LogP contribution is -2.37. The Bertz CT molecular complexity index is 1100. The minimum absolute atomic E-state index is 0.0502. The van der Waals surface area contributed by atoms with Gasteiger partial charge in [-0.25, -0.2) is 4.39 Å². The van der Waals surface area contributed by atoms with Crippen LogP contribution in [0.25, 0.3) is 22.2 Å². The molecule has 1 saturated carbocycles. The number of piperidine rings is 1. The number of hydrogen-bond acceptors (Lipinski definition) is 4. The summed E-state index contributed by atoms with van der Waals surface area (Å²) in [4.78, 5) is 14.3. The standard InChI is InChI=1S/C22H21ClF2N4/c1-11-5-12(2)26-17(6-11)18-16(23)8-15-20(19(18)24)27-22(25)28-21(15)29-9-13-3-4-14(7-13)10-29/h5-6,8,13-14H,3-4,7,9-10H2,1-2H3. The highest BCUT2D eigenvalue weighted by Gasteiger charge is 2.34. The molecule has 1 aromatic carbocycles. The summed E-state index contributed by atoms with van der Waals surface area (Å²) >= 11 is 6.52. The summed E-state index contributed by atoms with van der Waals surface area (Å²) in [6.45, 7) is 5.37. The van der Waals surface area contributed by atoms with Gasteiger partial charge >= 0.3 is 6.08 Å². The van der Waals surface area contributed by atoms with Gasteiger partial charge in [-0.3, -0.25) is 4.98 Å². The summed E-state index contributed by atoms with van der Waals surface area (Å²) in [6, 6.07) is 5.32. The van der Waals surface area contributed by atoms with Crippen LogP contribution >= 0.6 is 11.6 Å². The van der Waals surface area contributed by atoms with Crippen LogP contribution in [0.5, 0.6) is 0 Å². The Hall–Kier alpha value is -2.34. The normalized spacial score (nSPS) is 21.2. The minimum Gasteiger partial charge on any atom is -0.355 e. The Morgan fingerprint density at radius 2 is 1.72 bits per heavy atom. The van der Waals surface area contributed by atoms with Gasteiger partial charge in [-0.2, -0.15) is 14.4 Å². The van der Waals surface area contributed by atoms with Gasteiger partial charge in [0.25, 0.3) is 0 Å². The molecule has 3 aromatic rings. The van der Waals surface area contributed by atoms with Crippen molar-refractivity contribution in [1.82, 2.24) is 15.0 Å². The summed E-state index contributed by atoms with van der Waals surface area (Å²) < 4.78 is 29.9. The molecule has 2 unspecified atom stereocenters. The highest BCUT2D eigenvalue weighted by Crippen LogP contribution is 2.41. The average molecular weight is 415 g/mol. The zero-order chi connectivity index (χ0) is 20.3. The van der Waals surface area contributed by atoms with E-state index >= 15 is 4.39 Å². The summed E-state index contributed by atoms with van der Waals surface area (Å²) in [7, 11) is 0. The van der Waals surface area contributed by atoms with Gasteiger partial charge in [-0.1, -0.05) is 11.6 Å². The molecular weight excluding hydrogens is 394 g/mol. The number of hydrogen-bond donors (Lipinski definition) is 0. The third-order valence-corrected chi connectivity index (χ3v) is 6.39. The van der Waals surface area contributed by atoms with Crippen molar-refractivity contribution in [1.29, 1.82) is 0 Å². The lowest BCUT2D eigenvalue weighted by atomic mass is 9.98. The molecular formula is C22H21ClF2N4. The van der Waals surface area contributed by atoms with Crippen LogP contribution < -0.4 is 4.90 Å². The largest absolute Gasteiger partial charge is 0.355 e. The van der Waals surface area contributed by atoms with Crippen LogP contribution in [0.4, 0.5) is 14.6 Å². The number of aryl methyl sites for hydroxylation is 2. The lowest BCUT2D eigenvalue weighted by molar-refractivity contribution is 0.417. The van der Waals surface area contributed by atoms with Gasteiger partial charge in [0, 0.05) is 24.2 Å². The molecule has 2 fully saturated rings.